The van der Waals surface area contributed by atoms with Crippen LogP contribution in [0.3, 0.4) is 0 Å². The van der Waals surface area contributed by atoms with Crippen molar-refractivity contribution >= 4 is 0 Å². The van der Waals surface area contributed by atoms with E-state index in [4.69, 9.17) is 9.47 Å². The summed E-state index contributed by atoms with van der Waals surface area (Å²) in [5.41, 5.74) is 0.290. The lowest BCUT2D eigenvalue weighted by molar-refractivity contribution is -0.0177. The molecule has 1 atom stereocenters. The summed E-state index contributed by atoms with van der Waals surface area (Å²) in [7, 11) is 0. The highest BCUT2D eigenvalue weighted by atomic mass is 19.1. The fourth-order valence-corrected chi connectivity index (χ4v) is 4.96. The quantitative estimate of drug-likeness (QED) is 0.502. The van der Waals surface area contributed by atoms with E-state index in [9.17, 15) is 9.50 Å². The first-order chi connectivity index (χ1) is 16.6. The van der Waals surface area contributed by atoms with E-state index in [1.807, 2.05) is 6.07 Å². The van der Waals surface area contributed by atoms with Gasteiger partial charge in [0.25, 0.3) is 0 Å². The number of hydrogen-bond donors (Lipinski definition) is 1. The summed E-state index contributed by atoms with van der Waals surface area (Å²) in [6.45, 7) is 6.97. The van der Waals surface area contributed by atoms with E-state index < -0.39 is 11.4 Å². The minimum absolute atomic E-state index is 0.114. The van der Waals surface area contributed by atoms with Crippen LogP contribution >= 0.6 is 0 Å². The van der Waals surface area contributed by atoms with Crippen molar-refractivity contribution < 1.29 is 19.0 Å². The molecule has 0 amide bonds. The van der Waals surface area contributed by atoms with Gasteiger partial charge in [-0.15, -0.1) is 0 Å². The molecule has 2 heterocycles. The van der Waals surface area contributed by atoms with Crippen molar-refractivity contribution in [1.29, 1.82) is 0 Å². The number of hydrogen-bond acceptors (Lipinski definition) is 5. The smallest absolute Gasteiger partial charge is 0.165 e. The zero-order chi connectivity index (χ0) is 23.6. The fraction of sp³-hybridized carbons (Fsp3) is 0.571. The Morgan fingerprint density at radius 2 is 1.68 bits per heavy atom. The van der Waals surface area contributed by atoms with E-state index in [1.165, 1.54) is 44.0 Å². The van der Waals surface area contributed by atoms with Crippen LogP contribution in [0.4, 0.5) is 4.39 Å². The van der Waals surface area contributed by atoms with Gasteiger partial charge in [-0.2, -0.15) is 0 Å². The van der Waals surface area contributed by atoms with Gasteiger partial charge in [-0.1, -0.05) is 30.7 Å². The van der Waals surface area contributed by atoms with E-state index in [0.29, 0.717) is 12.8 Å². The lowest BCUT2D eigenvalue weighted by Crippen LogP contribution is -2.37. The average molecular weight is 471 g/mol. The largest absolute Gasteiger partial charge is 0.494 e. The number of ether oxygens (including phenoxy) is 2. The molecule has 4 rings (SSSR count). The highest BCUT2D eigenvalue weighted by Crippen LogP contribution is 2.26. The molecule has 0 aromatic heterocycles. The van der Waals surface area contributed by atoms with Crippen molar-refractivity contribution in [3.63, 3.8) is 0 Å². The minimum atomic E-state index is -0.934. The molecule has 0 radical (unpaired) electrons. The molecule has 34 heavy (non-hydrogen) atoms. The van der Waals surface area contributed by atoms with Gasteiger partial charge >= 0.3 is 0 Å². The first kappa shape index (κ1) is 25.0. The molecule has 5 nitrogen and oxygen atoms in total. The van der Waals surface area contributed by atoms with Gasteiger partial charge < -0.3 is 19.5 Å². The van der Waals surface area contributed by atoms with Gasteiger partial charge in [0, 0.05) is 19.6 Å². The third-order valence-electron chi connectivity index (χ3n) is 6.98. The van der Waals surface area contributed by atoms with Crippen LogP contribution in [0.2, 0.25) is 0 Å². The molecule has 6 heteroatoms. The number of nitrogens with zero attached hydrogens (tertiary/aromatic N) is 2. The maximum Gasteiger partial charge on any atom is 0.165 e. The Morgan fingerprint density at radius 1 is 0.853 bits per heavy atom. The van der Waals surface area contributed by atoms with E-state index in [1.54, 1.807) is 18.2 Å². The number of halogens is 1. The van der Waals surface area contributed by atoms with Gasteiger partial charge in [-0.25, -0.2) is 4.39 Å². The molecule has 2 saturated heterocycles. The maximum absolute atomic E-state index is 13.8. The minimum Gasteiger partial charge on any atom is -0.494 e. The molecule has 2 aliphatic rings. The molecule has 0 saturated carbocycles. The molecule has 0 aliphatic carbocycles. The Morgan fingerprint density at radius 3 is 2.53 bits per heavy atom. The predicted molar refractivity (Wildman–Crippen MR) is 133 cm³/mol. The monoisotopic (exact) mass is 470 g/mol. The summed E-state index contributed by atoms with van der Waals surface area (Å²) in [5.74, 6) is 0.737. The number of para-hydroxylation sites is 1. The molecular weight excluding hydrogens is 431 g/mol. The normalized spacial score (nSPS) is 22.3. The molecule has 1 N–H and O–H groups in total. The topological polar surface area (TPSA) is 45.2 Å². The molecule has 186 valence electrons. The molecule has 0 bridgehead atoms. The van der Waals surface area contributed by atoms with Gasteiger partial charge in [0.1, 0.15) is 12.4 Å². The molecule has 2 aliphatic heterocycles. The summed E-state index contributed by atoms with van der Waals surface area (Å²) in [6, 6.07) is 14.7. The van der Waals surface area contributed by atoms with Crippen molar-refractivity contribution in [2.24, 2.45) is 0 Å². The first-order valence-electron chi connectivity index (χ1n) is 12.9. The fourth-order valence-electron chi connectivity index (χ4n) is 4.96. The van der Waals surface area contributed by atoms with Gasteiger partial charge in [0.15, 0.2) is 11.6 Å². The SMILES string of the molecule is O[C@@]1(COc2ccccc2F)CCCN(Cc2cccc(OCCCN3CCCCC3)c2)CC1. The van der Waals surface area contributed by atoms with Crippen molar-refractivity contribution in [3.05, 3.63) is 59.9 Å². The summed E-state index contributed by atoms with van der Waals surface area (Å²) in [6.07, 6.45) is 7.22. The van der Waals surface area contributed by atoms with Crippen LogP contribution in [0.15, 0.2) is 48.5 Å². The standard InChI is InChI=1S/C28H39FN2O3/c29-26-11-2-3-12-27(26)34-23-28(32)13-7-17-31(19-14-28)22-24-9-6-10-25(21-24)33-20-8-18-30-15-4-1-5-16-30/h2-3,6,9-12,21,32H,1,4-5,7-8,13-20,22-23H2/t28-/m0/s1. The van der Waals surface area contributed by atoms with E-state index in [0.717, 1.165) is 51.4 Å². The second kappa shape index (κ2) is 12.5. The highest BCUT2D eigenvalue weighted by molar-refractivity contribution is 5.28. The van der Waals surface area contributed by atoms with Gasteiger partial charge in [-0.3, -0.25) is 4.90 Å². The third kappa shape index (κ3) is 7.69. The number of piperidine rings is 1. The second-order valence-electron chi connectivity index (χ2n) is 9.82. The highest BCUT2D eigenvalue weighted by Gasteiger charge is 2.31. The maximum atomic E-state index is 13.8. The van der Waals surface area contributed by atoms with E-state index in [-0.39, 0.29) is 12.4 Å². The van der Waals surface area contributed by atoms with Crippen molar-refractivity contribution in [2.75, 3.05) is 45.9 Å². The van der Waals surface area contributed by atoms with Crippen LogP contribution in [0.1, 0.15) is 50.5 Å². The van der Waals surface area contributed by atoms with Crippen LogP contribution in [-0.2, 0) is 6.54 Å². The summed E-state index contributed by atoms with van der Waals surface area (Å²) >= 11 is 0. The van der Waals surface area contributed by atoms with E-state index >= 15 is 0 Å². The van der Waals surface area contributed by atoms with Crippen molar-refractivity contribution in [2.45, 2.75) is 57.1 Å². The Kier molecular flexibility index (Phi) is 9.19. The summed E-state index contributed by atoms with van der Waals surface area (Å²) < 4.78 is 25.5. The van der Waals surface area contributed by atoms with Crippen molar-refractivity contribution in [1.82, 2.24) is 9.80 Å². The Balaban J connectivity index is 1.21. The lowest BCUT2D eigenvalue weighted by atomic mass is 9.96. The van der Waals surface area contributed by atoms with Crippen LogP contribution in [-0.4, -0.2) is 66.4 Å². The molecule has 2 fully saturated rings. The first-order valence-corrected chi connectivity index (χ1v) is 12.9. The summed E-state index contributed by atoms with van der Waals surface area (Å²) in [5, 5.41) is 11.0. The van der Waals surface area contributed by atoms with Gasteiger partial charge in [0.2, 0.25) is 0 Å². The van der Waals surface area contributed by atoms with E-state index in [2.05, 4.69) is 28.0 Å². The van der Waals surface area contributed by atoms with Gasteiger partial charge in [0.05, 0.1) is 12.2 Å². The summed E-state index contributed by atoms with van der Waals surface area (Å²) in [4.78, 5) is 4.92. The van der Waals surface area contributed by atoms with Crippen LogP contribution < -0.4 is 9.47 Å². The molecule has 0 spiro atoms. The van der Waals surface area contributed by atoms with Crippen molar-refractivity contribution in [3.8, 4) is 11.5 Å². The van der Waals surface area contributed by atoms with Gasteiger partial charge in [-0.05, 0) is 88.0 Å². The second-order valence-corrected chi connectivity index (χ2v) is 9.82. The molecule has 2 aromatic rings. The number of aliphatic hydroxyl groups is 1. The van der Waals surface area contributed by atoms with Crippen LogP contribution in [0.25, 0.3) is 0 Å². The molecular formula is C28H39FN2O3. The average Bonchev–Trinajstić information content (AvgIpc) is 3.04. The lowest BCUT2D eigenvalue weighted by Gasteiger charge is -2.27. The zero-order valence-electron chi connectivity index (χ0n) is 20.3. The van der Waals surface area contributed by atoms with Crippen LogP contribution in [0.5, 0.6) is 11.5 Å². The Labute approximate surface area is 203 Å². The number of likely N-dealkylation sites (tertiary alicyclic amines) is 2. The Bertz CT molecular complexity index is 889. The number of benzene rings is 2. The number of rotatable bonds is 10. The molecule has 2 aromatic carbocycles. The van der Waals surface area contributed by atoms with Crippen LogP contribution in [0, 0.1) is 5.82 Å². The zero-order valence-corrected chi connectivity index (χ0v) is 20.3. The third-order valence-corrected chi connectivity index (χ3v) is 6.98. The Hall–Kier alpha value is -2.15. The molecule has 0 unspecified atom stereocenters. The predicted octanol–water partition coefficient (Wildman–Crippen LogP) is 4.88.